The topological polar surface area (TPSA) is 155 Å². The third-order valence-corrected chi connectivity index (χ3v) is 7.20. The minimum Gasteiger partial charge on any atom is -0.481 e. The van der Waals surface area contributed by atoms with Gasteiger partial charge in [0.15, 0.2) is 0 Å². The highest BCUT2D eigenvalue weighted by atomic mass is 79.9. The highest BCUT2D eigenvalue weighted by molar-refractivity contribution is 9.10. The summed E-state index contributed by atoms with van der Waals surface area (Å²) in [6.45, 7) is 7.75. The van der Waals surface area contributed by atoms with E-state index in [1.165, 1.54) is 30.3 Å². The number of aliphatic carboxylic acids is 3. The van der Waals surface area contributed by atoms with Crippen molar-refractivity contribution in [3.05, 3.63) is 74.8 Å². The highest BCUT2D eigenvalue weighted by Crippen LogP contribution is 2.30. The molecule has 9 nitrogen and oxygen atoms in total. The summed E-state index contributed by atoms with van der Waals surface area (Å²) in [6.07, 6.45) is 5.26. The second-order valence-electron chi connectivity index (χ2n) is 8.46. The van der Waals surface area contributed by atoms with Crippen LogP contribution in [0.2, 0.25) is 5.02 Å². The summed E-state index contributed by atoms with van der Waals surface area (Å²) in [7, 11) is 0. The van der Waals surface area contributed by atoms with Crippen LogP contribution in [0.15, 0.2) is 48.5 Å². The molecule has 0 spiro atoms. The number of carboxylic acids is 3. The van der Waals surface area contributed by atoms with E-state index in [4.69, 9.17) is 21.8 Å². The van der Waals surface area contributed by atoms with Gasteiger partial charge in [0, 0.05) is 17.2 Å². The summed E-state index contributed by atoms with van der Waals surface area (Å²) in [5, 5.41) is 37.5. The van der Waals surface area contributed by atoms with Gasteiger partial charge in [-0.15, -0.1) is 0 Å². The molecular weight excluding hydrogens is 594 g/mol. The van der Waals surface area contributed by atoms with E-state index in [1.54, 1.807) is 24.3 Å². The summed E-state index contributed by atoms with van der Waals surface area (Å²) in [5.41, 5.74) is 0.647. The summed E-state index contributed by atoms with van der Waals surface area (Å²) in [4.78, 5) is 41.8. The Labute approximate surface area is 241 Å². The van der Waals surface area contributed by atoms with Crippen LogP contribution in [0.1, 0.15) is 70.9 Å². The summed E-state index contributed by atoms with van der Waals surface area (Å²) < 4.78 is 0. The maximum Gasteiger partial charge on any atom is 0.336 e. The third-order valence-electron chi connectivity index (χ3n) is 6.09. The number of nitro benzene ring substituents is 1. The number of carboxylic acid groups (broad SMARTS) is 3. The lowest BCUT2D eigenvalue weighted by Crippen LogP contribution is -2.28. The Morgan fingerprint density at radius 1 is 0.949 bits per heavy atom. The zero-order valence-corrected chi connectivity index (χ0v) is 24.7. The Bertz CT molecular complexity index is 1110. The molecule has 214 valence electrons. The van der Waals surface area contributed by atoms with Crippen LogP contribution in [0.4, 0.5) is 5.69 Å². The molecule has 0 aliphatic carbocycles. The van der Waals surface area contributed by atoms with Crippen molar-refractivity contribution in [2.75, 3.05) is 0 Å². The summed E-state index contributed by atoms with van der Waals surface area (Å²) in [6, 6.07) is 12.1. The average molecular weight is 629 g/mol. The van der Waals surface area contributed by atoms with E-state index in [0.29, 0.717) is 22.6 Å². The second-order valence-corrected chi connectivity index (χ2v) is 10.0. The number of alkyl halides is 1. The molecule has 0 amide bonds. The number of nitro groups is 1. The average Bonchev–Trinajstić information content (AvgIpc) is 2.90. The van der Waals surface area contributed by atoms with E-state index in [-0.39, 0.29) is 16.1 Å². The van der Waals surface area contributed by atoms with Gasteiger partial charge in [-0.3, -0.25) is 19.7 Å². The lowest BCUT2D eigenvalue weighted by molar-refractivity contribution is -0.384. The summed E-state index contributed by atoms with van der Waals surface area (Å²) >= 11 is 8.78. The van der Waals surface area contributed by atoms with Crippen LogP contribution in [0.5, 0.6) is 0 Å². The normalized spacial score (nSPS) is 11.7. The first kappa shape index (κ1) is 35.8. The Morgan fingerprint density at radius 3 is 1.72 bits per heavy atom. The SMILES string of the molecule is CCC(CC)(CC)C(=O)O.CCCC(Br)C(=O)O.O=C(O)C(=Cc1ccc([N+](=O)[O-])cc1)c1ccc(Cl)cc1. The molecule has 1 unspecified atom stereocenters. The van der Waals surface area contributed by atoms with Gasteiger partial charge >= 0.3 is 17.9 Å². The molecule has 0 saturated heterocycles. The van der Waals surface area contributed by atoms with Crippen molar-refractivity contribution in [2.45, 2.75) is 64.6 Å². The van der Waals surface area contributed by atoms with Crippen molar-refractivity contribution in [3.8, 4) is 0 Å². The Kier molecular flexibility index (Phi) is 16.6. The molecule has 2 aromatic rings. The number of non-ortho nitro benzene ring substituents is 1. The van der Waals surface area contributed by atoms with Crippen LogP contribution in [0.25, 0.3) is 11.6 Å². The quantitative estimate of drug-likeness (QED) is 0.0748. The van der Waals surface area contributed by atoms with Gasteiger partial charge in [0.05, 0.1) is 15.9 Å². The zero-order chi connectivity index (χ0) is 30.2. The predicted octanol–water partition coefficient (Wildman–Crippen LogP) is 7.80. The minimum atomic E-state index is -1.09. The number of halogens is 2. The number of carbonyl (C=O) groups is 3. The van der Waals surface area contributed by atoms with Gasteiger partial charge < -0.3 is 15.3 Å². The van der Waals surface area contributed by atoms with Crippen LogP contribution in [0.3, 0.4) is 0 Å². The second kappa shape index (κ2) is 18.1. The molecule has 0 bridgehead atoms. The molecule has 2 rings (SSSR count). The fourth-order valence-corrected chi connectivity index (χ4v) is 3.92. The molecule has 0 aliphatic heterocycles. The van der Waals surface area contributed by atoms with Gasteiger partial charge in [-0.25, -0.2) is 4.79 Å². The van der Waals surface area contributed by atoms with E-state index in [1.807, 2.05) is 27.7 Å². The Balaban J connectivity index is 0.000000668. The van der Waals surface area contributed by atoms with Crippen molar-refractivity contribution >= 4 is 62.8 Å². The van der Waals surface area contributed by atoms with E-state index in [0.717, 1.165) is 25.7 Å². The van der Waals surface area contributed by atoms with Gasteiger partial charge in [0.1, 0.15) is 4.83 Å². The standard InChI is InChI=1S/C15H10ClNO4.C8H16O2.C5H9BrO2/c16-12-5-3-11(4-6-12)14(15(18)19)9-10-1-7-13(8-2-10)17(20)21;1-4-8(5-2,6-3)7(9)10;1-2-3-4(6)5(7)8/h1-9H,(H,18,19);4-6H2,1-3H3,(H,9,10);4H,2-3H2,1H3,(H,7,8). The van der Waals surface area contributed by atoms with Gasteiger partial charge in [0.2, 0.25) is 0 Å². The van der Waals surface area contributed by atoms with E-state index in [2.05, 4.69) is 15.9 Å². The maximum atomic E-state index is 11.4. The molecule has 2 aromatic carbocycles. The predicted molar refractivity (Wildman–Crippen MR) is 156 cm³/mol. The van der Waals surface area contributed by atoms with Crippen LogP contribution in [-0.2, 0) is 14.4 Å². The van der Waals surface area contributed by atoms with Gasteiger partial charge in [0.25, 0.3) is 5.69 Å². The largest absolute Gasteiger partial charge is 0.481 e. The number of nitrogens with zero attached hydrogens (tertiary/aromatic N) is 1. The van der Waals surface area contributed by atoms with E-state index < -0.39 is 28.2 Å². The summed E-state index contributed by atoms with van der Waals surface area (Å²) in [5.74, 6) is -2.51. The number of benzene rings is 2. The van der Waals surface area contributed by atoms with Gasteiger partial charge in [-0.1, -0.05) is 73.8 Å². The Hall–Kier alpha value is -3.24. The van der Waals surface area contributed by atoms with E-state index >= 15 is 0 Å². The molecule has 3 N–H and O–H groups in total. The molecular formula is C28H35BrClNO8. The fourth-order valence-electron chi connectivity index (χ4n) is 3.34. The van der Waals surface area contributed by atoms with Crippen LogP contribution in [0, 0.1) is 15.5 Å². The molecule has 0 radical (unpaired) electrons. The van der Waals surface area contributed by atoms with Crippen molar-refractivity contribution in [3.63, 3.8) is 0 Å². The van der Waals surface area contributed by atoms with Gasteiger partial charge in [-0.2, -0.15) is 0 Å². The highest BCUT2D eigenvalue weighted by Gasteiger charge is 2.32. The minimum absolute atomic E-state index is 0.0458. The lowest BCUT2D eigenvalue weighted by atomic mass is 9.80. The first-order chi connectivity index (χ1) is 18.3. The molecule has 11 heteroatoms. The molecule has 0 fully saturated rings. The third kappa shape index (κ3) is 12.4. The zero-order valence-electron chi connectivity index (χ0n) is 22.4. The molecule has 0 saturated carbocycles. The number of rotatable bonds is 11. The molecule has 0 heterocycles. The monoisotopic (exact) mass is 627 g/mol. The Morgan fingerprint density at radius 2 is 1.44 bits per heavy atom. The molecule has 1 atom stereocenters. The first-order valence-corrected chi connectivity index (χ1v) is 13.6. The maximum absolute atomic E-state index is 11.4. The molecule has 0 aromatic heterocycles. The van der Waals surface area contributed by atoms with Crippen molar-refractivity contribution in [2.24, 2.45) is 5.41 Å². The van der Waals surface area contributed by atoms with Crippen molar-refractivity contribution < 1.29 is 34.6 Å². The van der Waals surface area contributed by atoms with Crippen LogP contribution in [-0.4, -0.2) is 43.0 Å². The number of hydrogen-bond acceptors (Lipinski definition) is 5. The van der Waals surface area contributed by atoms with Gasteiger partial charge in [-0.05, 0) is 67.2 Å². The number of hydrogen-bond donors (Lipinski definition) is 3. The van der Waals surface area contributed by atoms with Crippen LogP contribution < -0.4 is 0 Å². The van der Waals surface area contributed by atoms with E-state index in [9.17, 15) is 29.6 Å². The first-order valence-electron chi connectivity index (χ1n) is 12.3. The van der Waals surface area contributed by atoms with Crippen LogP contribution >= 0.6 is 27.5 Å². The lowest BCUT2D eigenvalue weighted by Gasteiger charge is -2.24. The van der Waals surface area contributed by atoms with Crippen molar-refractivity contribution in [1.29, 1.82) is 0 Å². The molecule has 39 heavy (non-hydrogen) atoms. The molecule has 0 aliphatic rings. The van der Waals surface area contributed by atoms with Crippen molar-refractivity contribution in [1.82, 2.24) is 0 Å². The fraction of sp³-hybridized carbons (Fsp3) is 0.393. The smallest absolute Gasteiger partial charge is 0.336 e.